The van der Waals surface area contributed by atoms with Crippen molar-refractivity contribution in [3.8, 4) is 11.3 Å². The number of pyridine rings is 2. The number of benzene rings is 1. The summed E-state index contributed by atoms with van der Waals surface area (Å²) in [7, 11) is 0. The smallest absolute Gasteiger partial charge is 0.255 e. The zero-order chi connectivity index (χ0) is 22.0. The largest absolute Gasteiger partial charge is 0.392 e. The molecule has 1 aliphatic carbocycles. The summed E-state index contributed by atoms with van der Waals surface area (Å²) in [5, 5.41) is 15.9. The third-order valence-corrected chi connectivity index (χ3v) is 5.28. The SMILES string of the molecule is CC(O)CNC(=O)c1cnccc1Nc1cc(-c2cc(Cl)ccc2F)ncc1C1CC1. The first-order valence-corrected chi connectivity index (χ1v) is 10.4. The summed E-state index contributed by atoms with van der Waals surface area (Å²) in [6.07, 6.45) is 6.26. The van der Waals surface area contributed by atoms with Crippen LogP contribution in [0.1, 0.15) is 41.6 Å². The second kappa shape index (κ2) is 8.99. The molecule has 0 saturated heterocycles. The van der Waals surface area contributed by atoms with Crippen molar-refractivity contribution < 1.29 is 14.3 Å². The molecule has 8 heteroatoms. The van der Waals surface area contributed by atoms with E-state index >= 15 is 0 Å². The number of nitrogens with one attached hydrogen (secondary N) is 2. The lowest BCUT2D eigenvalue weighted by Gasteiger charge is -2.16. The molecule has 160 valence electrons. The molecule has 1 unspecified atom stereocenters. The van der Waals surface area contributed by atoms with Crippen LogP contribution >= 0.6 is 11.6 Å². The number of aromatic nitrogens is 2. The third-order valence-electron chi connectivity index (χ3n) is 5.05. The van der Waals surface area contributed by atoms with Crippen LogP contribution in [0.3, 0.4) is 0 Å². The number of rotatable bonds is 7. The van der Waals surface area contributed by atoms with E-state index in [4.69, 9.17) is 11.6 Å². The average Bonchev–Trinajstić information content (AvgIpc) is 3.59. The number of anilines is 2. The van der Waals surface area contributed by atoms with Crippen molar-refractivity contribution in [1.29, 1.82) is 0 Å². The fourth-order valence-electron chi connectivity index (χ4n) is 3.30. The quantitative estimate of drug-likeness (QED) is 0.497. The maximum atomic E-state index is 14.4. The number of hydrogen-bond donors (Lipinski definition) is 3. The molecule has 1 amide bonds. The number of aliphatic hydroxyl groups is 1. The van der Waals surface area contributed by atoms with Crippen LogP contribution in [-0.4, -0.2) is 33.6 Å². The minimum absolute atomic E-state index is 0.133. The standard InChI is InChI=1S/C23H22ClFN4O2/c1-13(30)10-28-23(31)18-11-26-7-6-20(18)29-22-9-21(27-12-17(22)14-2-3-14)16-8-15(24)4-5-19(16)25/h4-9,11-14,30H,2-3,10H2,1H3,(H,28,31)(H,26,27,29). The van der Waals surface area contributed by atoms with Crippen LogP contribution in [0.15, 0.2) is 48.9 Å². The van der Waals surface area contributed by atoms with E-state index in [0.29, 0.717) is 33.4 Å². The van der Waals surface area contributed by atoms with Gasteiger partial charge in [-0.05, 0) is 61.6 Å². The summed E-state index contributed by atoms with van der Waals surface area (Å²) in [5.41, 5.74) is 3.42. The first-order chi connectivity index (χ1) is 14.9. The van der Waals surface area contributed by atoms with Gasteiger partial charge in [-0.15, -0.1) is 0 Å². The lowest BCUT2D eigenvalue weighted by molar-refractivity contribution is 0.0924. The Balaban J connectivity index is 1.70. The topological polar surface area (TPSA) is 87.1 Å². The molecular weight excluding hydrogens is 419 g/mol. The Morgan fingerprint density at radius 2 is 2.06 bits per heavy atom. The van der Waals surface area contributed by atoms with E-state index in [9.17, 15) is 14.3 Å². The Labute approximate surface area is 184 Å². The molecule has 0 spiro atoms. The first kappa shape index (κ1) is 21.2. The maximum absolute atomic E-state index is 14.4. The number of carbonyl (C=O) groups is 1. The summed E-state index contributed by atoms with van der Waals surface area (Å²) >= 11 is 6.06. The molecule has 6 nitrogen and oxygen atoms in total. The highest BCUT2D eigenvalue weighted by atomic mass is 35.5. The molecule has 31 heavy (non-hydrogen) atoms. The normalized spacial score (nSPS) is 14.2. The van der Waals surface area contributed by atoms with Gasteiger partial charge in [0.1, 0.15) is 5.82 Å². The van der Waals surface area contributed by atoms with Gasteiger partial charge in [0.2, 0.25) is 0 Å². The Kier molecular flexibility index (Phi) is 6.15. The van der Waals surface area contributed by atoms with Gasteiger partial charge in [-0.25, -0.2) is 4.39 Å². The first-order valence-electron chi connectivity index (χ1n) is 10.0. The Morgan fingerprint density at radius 3 is 2.81 bits per heavy atom. The van der Waals surface area contributed by atoms with E-state index in [1.54, 1.807) is 37.5 Å². The van der Waals surface area contributed by atoms with Crippen LogP contribution in [0, 0.1) is 5.82 Å². The van der Waals surface area contributed by atoms with Gasteiger partial charge >= 0.3 is 0 Å². The van der Waals surface area contributed by atoms with Crippen molar-refractivity contribution >= 4 is 28.9 Å². The minimum Gasteiger partial charge on any atom is -0.392 e. The summed E-state index contributed by atoms with van der Waals surface area (Å²) in [4.78, 5) is 21.1. The van der Waals surface area contributed by atoms with E-state index in [1.807, 2.05) is 0 Å². The summed E-state index contributed by atoms with van der Waals surface area (Å²) in [5.74, 6) is -0.383. The van der Waals surface area contributed by atoms with Crippen molar-refractivity contribution in [3.05, 3.63) is 70.9 Å². The van der Waals surface area contributed by atoms with Crippen molar-refractivity contribution in [2.75, 3.05) is 11.9 Å². The highest BCUT2D eigenvalue weighted by molar-refractivity contribution is 6.30. The van der Waals surface area contributed by atoms with E-state index in [0.717, 1.165) is 24.1 Å². The number of hydrogen-bond acceptors (Lipinski definition) is 5. The molecule has 4 rings (SSSR count). The van der Waals surface area contributed by atoms with E-state index in [1.165, 1.54) is 18.3 Å². The summed E-state index contributed by atoms with van der Waals surface area (Å²) in [6.45, 7) is 1.73. The molecule has 1 aliphatic rings. The fourth-order valence-corrected chi connectivity index (χ4v) is 3.47. The highest BCUT2D eigenvalue weighted by Crippen LogP contribution is 2.44. The van der Waals surface area contributed by atoms with E-state index < -0.39 is 11.9 Å². The maximum Gasteiger partial charge on any atom is 0.255 e. The predicted octanol–water partition coefficient (Wildman–Crippen LogP) is 4.67. The zero-order valence-corrected chi connectivity index (χ0v) is 17.7. The number of nitrogens with zero attached hydrogens (tertiary/aromatic N) is 2. The van der Waals surface area contributed by atoms with Crippen molar-refractivity contribution in [1.82, 2.24) is 15.3 Å². The van der Waals surface area contributed by atoms with Gasteiger partial charge in [0.25, 0.3) is 5.91 Å². The predicted molar refractivity (Wildman–Crippen MR) is 118 cm³/mol. The monoisotopic (exact) mass is 440 g/mol. The minimum atomic E-state index is -0.658. The van der Waals surface area contributed by atoms with Gasteiger partial charge in [-0.1, -0.05) is 11.6 Å². The molecule has 1 fully saturated rings. The highest BCUT2D eigenvalue weighted by Gasteiger charge is 2.27. The van der Waals surface area contributed by atoms with Crippen LogP contribution in [0.5, 0.6) is 0 Å². The van der Waals surface area contributed by atoms with E-state index in [-0.39, 0.29) is 12.5 Å². The lowest BCUT2D eigenvalue weighted by atomic mass is 10.1. The van der Waals surface area contributed by atoms with Crippen molar-refractivity contribution in [2.24, 2.45) is 0 Å². The van der Waals surface area contributed by atoms with Crippen LogP contribution in [-0.2, 0) is 0 Å². The van der Waals surface area contributed by atoms with Crippen LogP contribution in [0.4, 0.5) is 15.8 Å². The molecule has 3 N–H and O–H groups in total. The van der Waals surface area contributed by atoms with Crippen molar-refractivity contribution in [3.63, 3.8) is 0 Å². The number of carbonyl (C=O) groups excluding carboxylic acids is 1. The molecule has 1 saturated carbocycles. The average molecular weight is 441 g/mol. The summed E-state index contributed by atoms with van der Waals surface area (Å²) in [6, 6.07) is 7.83. The summed E-state index contributed by atoms with van der Waals surface area (Å²) < 4.78 is 14.4. The molecule has 2 aromatic heterocycles. The third kappa shape index (κ3) is 5.00. The van der Waals surface area contributed by atoms with Gasteiger partial charge in [-0.2, -0.15) is 0 Å². The van der Waals surface area contributed by atoms with Crippen LogP contribution in [0.25, 0.3) is 11.3 Å². The molecule has 2 heterocycles. The second-order valence-electron chi connectivity index (χ2n) is 7.66. The molecule has 1 atom stereocenters. The number of aliphatic hydroxyl groups excluding tert-OH is 1. The number of halogens is 2. The Morgan fingerprint density at radius 1 is 1.26 bits per heavy atom. The molecule has 0 bridgehead atoms. The molecule has 1 aromatic carbocycles. The van der Waals surface area contributed by atoms with Gasteiger partial charge in [0.05, 0.1) is 23.0 Å². The van der Waals surface area contributed by atoms with Crippen molar-refractivity contribution in [2.45, 2.75) is 31.8 Å². The Hall–Kier alpha value is -3.03. The van der Waals surface area contributed by atoms with Gasteiger partial charge < -0.3 is 15.7 Å². The Bertz CT molecular complexity index is 1120. The van der Waals surface area contributed by atoms with Gasteiger partial charge in [0, 0.05) is 41.4 Å². The van der Waals surface area contributed by atoms with Gasteiger partial charge in [-0.3, -0.25) is 14.8 Å². The zero-order valence-electron chi connectivity index (χ0n) is 16.9. The van der Waals surface area contributed by atoms with Crippen LogP contribution < -0.4 is 10.6 Å². The number of amides is 1. The van der Waals surface area contributed by atoms with E-state index in [2.05, 4.69) is 20.6 Å². The molecule has 3 aromatic rings. The fraction of sp³-hybridized carbons (Fsp3) is 0.261. The van der Waals surface area contributed by atoms with Gasteiger partial charge in [0.15, 0.2) is 0 Å². The molecule has 0 radical (unpaired) electrons. The van der Waals surface area contributed by atoms with Crippen LogP contribution in [0.2, 0.25) is 5.02 Å². The lowest BCUT2D eigenvalue weighted by Crippen LogP contribution is -2.31. The molecular formula is C23H22ClFN4O2. The second-order valence-corrected chi connectivity index (χ2v) is 8.10. The molecule has 0 aliphatic heterocycles.